The molecule has 0 bridgehead atoms. The fourth-order valence-electron chi connectivity index (χ4n) is 10.6. The summed E-state index contributed by atoms with van der Waals surface area (Å²) in [7, 11) is 6.62. The molecule has 3 atom stereocenters. The van der Waals surface area contributed by atoms with Gasteiger partial charge < -0.3 is 28.8 Å². The molecule has 38 heteroatoms. The van der Waals surface area contributed by atoms with Crippen molar-refractivity contribution in [2.45, 2.75) is 154 Å². The van der Waals surface area contributed by atoms with Gasteiger partial charge in [-0.2, -0.15) is 0 Å². The number of halogens is 3. The van der Waals surface area contributed by atoms with Gasteiger partial charge >= 0.3 is 78.3 Å². The van der Waals surface area contributed by atoms with Crippen molar-refractivity contribution in [2.75, 3.05) is 62.1 Å². The Morgan fingerprint density at radius 2 is 0.748 bits per heavy atom. The number of nitrogens with zero attached hydrogens (tertiary/aromatic N) is 5. The Bertz CT molecular complexity index is 5250. The van der Waals surface area contributed by atoms with Crippen molar-refractivity contribution in [1.82, 2.24) is 24.9 Å². The topological polar surface area (TPSA) is 379 Å². The summed E-state index contributed by atoms with van der Waals surface area (Å²) in [6.45, 7) is 45.7. The second-order valence-corrected chi connectivity index (χ2v) is 33.5. The van der Waals surface area contributed by atoms with Crippen LogP contribution in [0.15, 0.2) is 19.2 Å². The standard InChI is InChI=1S/C15H19BrN2O3S.C15H17BrN2O3S.C14H18N2O2S.C14H16N2O2S.C12H13IN2O2S.C3H6.Cr.Mn.5O.Pd/c2*1-6-7(2)10(12(19)9(4)16)13-11(8(6)3)17-14(22-13)18-15(20)21-5;2*1-6-10-8(3)7(2)9(4)11-12(10)19-13(15-11)16-14(17)18-5;1-5-6(2)8(13)10-9(7(5)3)14-11(18-10)15-12(16)17-4;1-3-2;;;;;;;;/h9,12,19H,1-5H3,(H,17,18,20);9H,1-5H3,(H,17,18,20);6H2,1-5H3,(H,15,16,17);6H,1H2,2-5H3,(H,15,16,17);1-4H3,(H,14,15,16);3H,1H2,2H3;;;;;;;;. The molecule has 0 aliphatic heterocycles. The van der Waals surface area contributed by atoms with E-state index in [2.05, 4.69) is 205 Å². The van der Waals surface area contributed by atoms with Crippen molar-refractivity contribution < 1.29 is 126 Å². The van der Waals surface area contributed by atoms with Gasteiger partial charge in [0, 0.05) is 39.9 Å². The minimum atomic E-state index is -3.79. The molecule has 5 amide bonds. The normalized spacial score (nSPS) is 11.0. The number of hydrogen-bond acceptors (Lipinski definition) is 27. The first-order valence-corrected chi connectivity index (χ1v) is 42.3. The number of hydrogen-bond donors (Lipinski definition) is 6. The predicted molar refractivity (Wildman–Crippen MR) is 447 cm³/mol. The minimum Gasteiger partial charge on any atom is 0 e. The van der Waals surface area contributed by atoms with Crippen LogP contribution in [0.2, 0.25) is 0 Å². The van der Waals surface area contributed by atoms with Gasteiger partial charge in [0.1, 0.15) is 0 Å². The van der Waals surface area contributed by atoms with Crippen molar-refractivity contribution in [2.24, 2.45) is 0 Å². The third kappa shape index (κ3) is 25.7. The van der Waals surface area contributed by atoms with Crippen molar-refractivity contribution in [3.05, 3.63) is 129 Å². The van der Waals surface area contributed by atoms with Crippen LogP contribution in [-0.4, -0.2) is 111 Å². The van der Waals surface area contributed by atoms with E-state index in [9.17, 15) is 33.9 Å². The van der Waals surface area contributed by atoms with E-state index in [0.717, 1.165) is 113 Å². The fraction of sp³-hybridized carbons (Fsp3) is 0.384. The molecule has 0 saturated carbocycles. The second-order valence-electron chi connectivity index (χ2n) is 23.8. The summed E-state index contributed by atoms with van der Waals surface area (Å²) in [4.78, 5) is 91.0. The number of Topliss-reactive ketones (excluding diaryl/α,β-unsaturated/α-hetero) is 1. The number of aryl methyl sites for hydroxylation is 6. The quantitative estimate of drug-likeness (QED) is 0.0175. The van der Waals surface area contributed by atoms with Crippen LogP contribution in [0.3, 0.4) is 0 Å². The number of ketones is 1. The van der Waals surface area contributed by atoms with Crippen LogP contribution in [0.5, 0.6) is 0 Å². The monoisotopic (exact) mass is 2040 g/mol. The van der Waals surface area contributed by atoms with E-state index in [1.165, 1.54) is 140 Å². The van der Waals surface area contributed by atoms with Gasteiger partial charge in [-0.1, -0.05) is 114 Å². The first-order valence-electron chi connectivity index (χ1n) is 32.8. The molecule has 0 radical (unpaired) electrons. The Balaban J connectivity index is 0.000000456. The maximum Gasteiger partial charge on any atom is 0 e. The zero-order valence-corrected chi connectivity index (χ0v) is 78.9. The Labute approximate surface area is 718 Å². The number of alkyl halides is 2. The van der Waals surface area contributed by atoms with Crippen molar-refractivity contribution in [3.8, 4) is 0 Å². The number of carbonyl (C=O) groups excluding carboxylic acids is 6. The molecule has 607 valence electrons. The number of carbonyl (C=O) groups is 6. The summed E-state index contributed by atoms with van der Waals surface area (Å²) < 4.78 is 71.6. The summed E-state index contributed by atoms with van der Waals surface area (Å²) in [5, 5.41) is 26.2. The summed E-state index contributed by atoms with van der Waals surface area (Å²) in [6.07, 6.45) is 1.29. The molecule has 6 N–H and O–H groups in total. The molecule has 0 spiro atoms. The van der Waals surface area contributed by atoms with Gasteiger partial charge in [0.2, 0.25) is 0 Å². The van der Waals surface area contributed by atoms with Crippen LogP contribution in [0.25, 0.3) is 57.2 Å². The number of aliphatic hydroxyl groups is 1. The van der Waals surface area contributed by atoms with E-state index >= 15 is 0 Å². The summed E-state index contributed by atoms with van der Waals surface area (Å²) in [5.74, 6) is 0.0128. The molecule has 10 rings (SSSR count). The number of nitrogens with one attached hydrogen (secondary N) is 5. The van der Waals surface area contributed by atoms with E-state index in [1.807, 2.05) is 68.4 Å². The number of fused-ring (bicyclic) bond motifs is 5. The Kier molecular flexibility index (Phi) is 42.3. The molecular formula is C73H89Br2CrIMnN10O17PdS5. The minimum absolute atomic E-state index is 0. The largest absolute Gasteiger partial charge is 0 e. The van der Waals surface area contributed by atoms with Gasteiger partial charge in [-0.25, -0.2) is 48.9 Å². The number of thiazole rings is 5. The second kappa shape index (κ2) is 46.7. The van der Waals surface area contributed by atoms with Crippen molar-refractivity contribution in [3.63, 3.8) is 0 Å². The smallest absolute Gasteiger partial charge is 0 e. The van der Waals surface area contributed by atoms with Gasteiger partial charge in [0.25, 0.3) is 0 Å². The van der Waals surface area contributed by atoms with Gasteiger partial charge in [0.05, 0.1) is 97.6 Å². The molecule has 111 heavy (non-hydrogen) atoms. The number of ether oxygens (including phenoxy) is 5. The molecular weight excluding hydrogens is 1950 g/mol. The number of benzene rings is 5. The third-order valence-corrected chi connectivity index (χ3v) is 25.2. The van der Waals surface area contributed by atoms with Crippen molar-refractivity contribution >= 4 is 230 Å². The van der Waals surface area contributed by atoms with Gasteiger partial charge in [-0.15, -0.1) is 6.58 Å². The SMILES string of the molecule is C=CC.C=Cc1c(C)c(C)c(C)c2nc(NC(=O)OC)sc12.CCc1c(C)c(C)c(C)c2nc(NC(=O)OC)sc12.COC(=O)Nc1nc2c(C)c(C)c(C)c(C(=O)C(C)Br)c2s1.COC(=O)Nc1nc2c(C)c(C)c(C)c(C(O)C(C)Br)c2s1.COC(=O)Nc1nc2c(C)c(C)c(C)c(I)c2s1.[O]=[Cr](=[O])=[O].[O]=[Mn]=[O].[Pd]. The zero-order chi connectivity index (χ0) is 84.0. The molecule has 3 unspecified atom stereocenters. The van der Waals surface area contributed by atoms with Gasteiger partial charge in [0.15, 0.2) is 31.4 Å². The molecule has 5 aromatic carbocycles. The van der Waals surface area contributed by atoms with Crippen LogP contribution in [0.4, 0.5) is 49.6 Å². The van der Waals surface area contributed by atoms with Crippen LogP contribution in [0.1, 0.15) is 144 Å². The molecule has 5 heterocycles. The fourth-order valence-corrected chi connectivity index (χ4v) is 17.6. The molecule has 0 aliphatic rings. The van der Waals surface area contributed by atoms with E-state index < -0.39 is 65.3 Å². The molecule has 27 nitrogen and oxygen atoms in total. The van der Waals surface area contributed by atoms with Crippen LogP contribution in [-0.2, 0) is 98.4 Å². The maximum atomic E-state index is 12.6. The van der Waals surface area contributed by atoms with E-state index in [-0.39, 0.29) is 35.9 Å². The summed E-state index contributed by atoms with van der Waals surface area (Å²) in [6, 6.07) is 0. The first-order chi connectivity index (χ1) is 51.5. The number of methoxy groups -OCH3 is 5. The third-order valence-electron chi connectivity index (χ3n) is 17.6. The van der Waals surface area contributed by atoms with Crippen LogP contribution >= 0.6 is 111 Å². The molecule has 10 aromatic rings. The average Bonchev–Trinajstić information content (AvgIpc) is 1.67. The Morgan fingerprint density at radius 1 is 0.477 bits per heavy atom. The van der Waals surface area contributed by atoms with E-state index in [4.69, 9.17) is 19.1 Å². The van der Waals surface area contributed by atoms with E-state index in [1.54, 1.807) is 13.0 Å². The predicted octanol–water partition coefficient (Wildman–Crippen LogP) is 21.2. The zero-order valence-electron chi connectivity index (χ0n) is 65.5. The molecule has 0 aliphatic carbocycles. The molecule has 0 saturated heterocycles. The van der Waals surface area contributed by atoms with E-state index in [0.29, 0.717) is 31.2 Å². The van der Waals surface area contributed by atoms with Gasteiger partial charge in [-0.3, -0.25) is 31.4 Å². The van der Waals surface area contributed by atoms with Crippen LogP contribution in [0, 0.1) is 107 Å². The van der Waals surface area contributed by atoms with Crippen LogP contribution < -0.4 is 26.6 Å². The Morgan fingerprint density at radius 3 is 1.08 bits per heavy atom. The van der Waals surface area contributed by atoms with Gasteiger partial charge in [-0.05, 0) is 248 Å². The number of anilines is 5. The molecule has 5 aromatic heterocycles. The summed E-state index contributed by atoms with van der Waals surface area (Å²) >= 11 is 10.9. The number of rotatable bonds is 11. The maximum absolute atomic E-state index is 12.6. The Hall–Kier alpha value is -6.59. The number of allylic oxidation sites excluding steroid dienone is 1. The first kappa shape index (κ1) is 100. The summed E-state index contributed by atoms with van der Waals surface area (Å²) in [5.41, 5.74) is 25.5. The average molecular weight is 2040 g/mol. The number of aliphatic hydroxyl groups excluding tert-OH is 1. The number of aromatic nitrogens is 5. The molecule has 0 fully saturated rings. The number of amides is 5. The van der Waals surface area contributed by atoms with Crippen molar-refractivity contribution in [1.29, 1.82) is 0 Å².